The Hall–Kier alpha value is -2.40. The number of aliphatic hydroxyl groups excluding tert-OH is 1. The summed E-state index contributed by atoms with van der Waals surface area (Å²) in [5, 5.41) is 12.3. The number of aryl methyl sites for hydroxylation is 1. The second-order valence-corrected chi connectivity index (χ2v) is 8.02. The van der Waals surface area contributed by atoms with Crippen molar-refractivity contribution >= 4 is 17.9 Å². The van der Waals surface area contributed by atoms with Gasteiger partial charge in [0.1, 0.15) is 6.29 Å². The molecule has 0 saturated carbocycles. The van der Waals surface area contributed by atoms with Crippen molar-refractivity contribution in [2.24, 2.45) is 17.1 Å². The molecule has 1 aromatic carbocycles. The average Bonchev–Trinajstić information content (AvgIpc) is 2.70. The lowest BCUT2D eigenvalue weighted by Crippen LogP contribution is -2.25. The van der Waals surface area contributed by atoms with Crippen LogP contribution in [-0.2, 0) is 16.0 Å². The Morgan fingerprint density at radius 3 is 1.90 bits per heavy atom. The summed E-state index contributed by atoms with van der Waals surface area (Å²) in [4.78, 5) is 20.0. The number of amides is 1. The largest absolute Gasteiger partial charge is 0.512 e. The van der Waals surface area contributed by atoms with Gasteiger partial charge in [-0.25, -0.2) is 0 Å². The number of carbonyl (C=O) groups excluding carboxylic acids is 2. The van der Waals surface area contributed by atoms with Gasteiger partial charge in [0.05, 0.1) is 5.76 Å². The van der Waals surface area contributed by atoms with Crippen molar-refractivity contribution < 1.29 is 14.7 Å². The van der Waals surface area contributed by atoms with E-state index in [1.165, 1.54) is 18.6 Å². The van der Waals surface area contributed by atoms with E-state index in [0.717, 1.165) is 18.4 Å². The third-order valence-electron chi connectivity index (χ3n) is 3.84. The summed E-state index contributed by atoms with van der Waals surface area (Å²) in [6.07, 6.45) is 6.65. The number of aliphatic hydroxyl groups is 1. The molecule has 0 fully saturated rings. The number of hydrogen-bond donors (Lipinski definition) is 3. The molecule has 0 heterocycles. The predicted molar refractivity (Wildman–Crippen MR) is 135 cm³/mol. The molecule has 0 aliphatic carbocycles. The van der Waals surface area contributed by atoms with E-state index in [-0.39, 0.29) is 17.4 Å². The van der Waals surface area contributed by atoms with Crippen molar-refractivity contribution in [2.45, 2.75) is 81.7 Å². The quantitative estimate of drug-likeness (QED) is 0.282. The fourth-order valence-electron chi connectivity index (χ4n) is 1.73. The minimum Gasteiger partial charge on any atom is -0.512 e. The lowest BCUT2D eigenvalue weighted by molar-refractivity contribution is -0.114. The fourth-order valence-corrected chi connectivity index (χ4v) is 1.73. The standard InChI is InChI=1S/C10H13NO.C10H21NO.C4H6O.C2H6/c1-3-9-4-6-10(7-5-9)11-8(2)12;1-7(2)8(11)6-9(12)10(3,4)5;1-2-3-4-5;1-2/h4-7H,3H2,1-2H3,(H,11,12);6-8,12H,11H2,1-5H3;2-4H,1H3;1-2H3/b;9-6-;3-2+;. The number of benzene rings is 1. The van der Waals surface area contributed by atoms with Crippen molar-refractivity contribution in [1.82, 2.24) is 0 Å². The molecule has 1 amide bonds. The van der Waals surface area contributed by atoms with Crippen LogP contribution in [0, 0.1) is 11.3 Å². The zero-order chi connectivity index (χ0) is 25.0. The Morgan fingerprint density at radius 1 is 1.16 bits per heavy atom. The molecule has 1 unspecified atom stereocenters. The molecule has 5 heteroatoms. The van der Waals surface area contributed by atoms with Crippen LogP contribution in [0.1, 0.15) is 74.8 Å². The van der Waals surface area contributed by atoms with Crippen LogP contribution in [0.5, 0.6) is 0 Å². The van der Waals surface area contributed by atoms with Crippen molar-refractivity contribution in [1.29, 1.82) is 0 Å². The van der Waals surface area contributed by atoms with Crippen LogP contribution >= 0.6 is 0 Å². The number of nitrogens with two attached hydrogens (primary N) is 1. The summed E-state index contributed by atoms with van der Waals surface area (Å²) >= 11 is 0. The molecule has 0 saturated heterocycles. The Balaban J connectivity index is -0.000000392. The van der Waals surface area contributed by atoms with Gasteiger partial charge in [0.15, 0.2) is 0 Å². The zero-order valence-electron chi connectivity index (χ0n) is 21.3. The van der Waals surface area contributed by atoms with Gasteiger partial charge in [0, 0.05) is 24.1 Å². The highest BCUT2D eigenvalue weighted by molar-refractivity contribution is 5.88. The zero-order valence-corrected chi connectivity index (χ0v) is 21.3. The first kappa shape index (κ1) is 33.2. The number of allylic oxidation sites excluding steroid dienone is 3. The Morgan fingerprint density at radius 2 is 1.65 bits per heavy atom. The Labute approximate surface area is 190 Å². The van der Waals surface area contributed by atoms with Gasteiger partial charge in [0.25, 0.3) is 0 Å². The third kappa shape index (κ3) is 20.6. The van der Waals surface area contributed by atoms with Crippen molar-refractivity contribution in [3.63, 3.8) is 0 Å². The van der Waals surface area contributed by atoms with E-state index in [2.05, 4.69) is 12.2 Å². The summed E-state index contributed by atoms with van der Waals surface area (Å²) in [6, 6.07) is 7.82. The second-order valence-electron chi connectivity index (χ2n) is 8.02. The van der Waals surface area contributed by atoms with E-state index in [9.17, 15) is 14.7 Å². The van der Waals surface area contributed by atoms with E-state index >= 15 is 0 Å². The smallest absolute Gasteiger partial charge is 0.221 e. The van der Waals surface area contributed by atoms with Gasteiger partial charge in [-0.3, -0.25) is 9.59 Å². The molecule has 1 atom stereocenters. The van der Waals surface area contributed by atoms with Crippen LogP contribution in [0.15, 0.2) is 48.3 Å². The molecule has 0 bridgehead atoms. The highest BCUT2D eigenvalue weighted by Gasteiger charge is 2.17. The predicted octanol–water partition coefficient (Wildman–Crippen LogP) is 6.45. The first-order valence-electron chi connectivity index (χ1n) is 11.0. The molecular formula is C26H46N2O3. The van der Waals surface area contributed by atoms with Gasteiger partial charge >= 0.3 is 0 Å². The number of carbonyl (C=O) groups is 2. The lowest BCUT2D eigenvalue weighted by atomic mass is 9.91. The van der Waals surface area contributed by atoms with E-state index in [0.29, 0.717) is 11.7 Å². The number of nitrogens with one attached hydrogen (secondary N) is 1. The first-order chi connectivity index (χ1) is 14.4. The van der Waals surface area contributed by atoms with Crippen LogP contribution in [0.2, 0.25) is 0 Å². The summed E-state index contributed by atoms with van der Waals surface area (Å²) in [7, 11) is 0. The summed E-state index contributed by atoms with van der Waals surface area (Å²) < 4.78 is 0. The molecule has 178 valence electrons. The SMILES string of the molecule is C/C=C/C=O.CC.CC(C)C(N)/C=C(\O)C(C)(C)C.CCc1ccc(NC(C)=O)cc1. The molecule has 5 nitrogen and oxygen atoms in total. The molecule has 0 aliphatic rings. The average molecular weight is 435 g/mol. The van der Waals surface area contributed by atoms with Gasteiger partial charge in [-0.05, 0) is 49.1 Å². The Bertz CT molecular complexity index is 640. The summed E-state index contributed by atoms with van der Waals surface area (Å²) in [5.74, 6) is 0.720. The van der Waals surface area contributed by atoms with Crippen molar-refractivity contribution in [3.05, 3.63) is 53.8 Å². The van der Waals surface area contributed by atoms with E-state index in [1.807, 2.05) is 72.7 Å². The lowest BCUT2D eigenvalue weighted by Gasteiger charge is -2.20. The molecule has 4 N–H and O–H groups in total. The van der Waals surface area contributed by atoms with Crippen LogP contribution in [0.3, 0.4) is 0 Å². The van der Waals surface area contributed by atoms with E-state index in [1.54, 1.807) is 19.1 Å². The fraction of sp³-hybridized carbons (Fsp3) is 0.538. The van der Waals surface area contributed by atoms with Gasteiger partial charge in [0.2, 0.25) is 5.91 Å². The normalized spacial score (nSPS) is 11.8. The minimum absolute atomic E-state index is 0.0285. The molecule has 1 rings (SSSR count). The highest BCUT2D eigenvalue weighted by atomic mass is 16.3. The molecule has 0 spiro atoms. The summed E-state index contributed by atoms with van der Waals surface area (Å²) in [6.45, 7) is 19.4. The van der Waals surface area contributed by atoms with E-state index < -0.39 is 0 Å². The van der Waals surface area contributed by atoms with E-state index in [4.69, 9.17) is 5.73 Å². The maximum absolute atomic E-state index is 10.7. The number of aldehydes is 1. The molecule has 1 aromatic rings. The van der Waals surface area contributed by atoms with Crippen LogP contribution in [0.4, 0.5) is 5.69 Å². The molecule has 0 aromatic heterocycles. The number of hydrogen-bond acceptors (Lipinski definition) is 4. The van der Waals surface area contributed by atoms with Crippen LogP contribution in [0.25, 0.3) is 0 Å². The molecular weight excluding hydrogens is 388 g/mol. The Kier molecular flexibility index (Phi) is 21.0. The summed E-state index contributed by atoms with van der Waals surface area (Å²) in [5.41, 5.74) is 7.73. The van der Waals surface area contributed by atoms with Gasteiger partial charge in [-0.1, -0.05) is 73.6 Å². The minimum atomic E-state index is -0.188. The van der Waals surface area contributed by atoms with Gasteiger partial charge in [-0.2, -0.15) is 0 Å². The molecule has 31 heavy (non-hydrogen) atoms. The number of anilines is 1. The van der Waals surface area contributed by atoms with Crippen LogP contribution < -0.4 is 11.1 Å². The monoisotopic (exact) mass is 434 g/mol. The first-order valence-corrected chi connectivity index (χ1v) is 11.0. The number of rotatable bonds is 5. The third-order valence-corrected chi connectivity index (χ3v) is 3.84. The van der Waals surface area contributed by atoms with Crippen LogP contribution in [-0.4, -0.2) is 23.3 Å². The second kappa shape index (κ2) is 19.6. The van der Waals surface area contributed by atoms with Gasteiger partial charge in [-0.15, -0.1) is 0 Å². The molecule has 0 radical (unpaired) electrons. The highest BCUT2D eigenvalue weighted by Crippen LogP contribution is 2.23. The van der Waals surface area contributed by atoms with Crippen molar-refractivity contribution in [3.8, 4) is 0 Å². The molecule has 0 aliphatic heterocycles. The topological polar surface area (TPSA) is 92.4 Å². The maximum atomic E-state index is 10.7. The maximum Gasteiger partial charge on any atom is 0.221 e. The van der Waals surface area contributed by atoms with Gasteiger partial charge < -0.3 is 16.2 Å². The van der Waals surface area contributed by atoms with Crippen molar-refractivity contribution in [2.75, 3.05) is 5.32 Å².